The van der Waals surface area contributed by atoms with Crippen LogP contribution in [0.2, 0.25) is 5.02 Å². The van der Waals surface area contributed by atoms with Gasteiger partial charge >= 0.3 is 0 Å². The van der Waals surface area contributed by atoms with Gasteiger partial charge in [-0.3, -0.25) is 4.79 Å². The largest absolute Gasteiger partial charge is 0.486 e. The van der Waals surface area contributed by atoms with E-state index in [1.54, 1.807) is 12.1 Å². The summed E-state index contributed by atoms with van der Waals surface area (Å²) in [6, 6.07) is 9.08. The summed E-state index contributed by atoms with van der Waals surface area (Å²) < 4.78 is 11.2. The average molecular weight is 333 g/mol. The van der Waals surface area contributed by atoms with Crippen molar-refractivity contribution in [1.29, 1.82) is 0 Å². The maximum Gasteiger partial charge on any atom is 0.243 e. The summed E-state index contributed by atoms with van der Waals surface area (Å²) in [5.74, 6) is 2.07. The third-order valence-electron chi connectivity index (χ3n) is 3.51. The number of hydrazone groups is 1. The molecular formula is C17H17ClN2O3. The van der Waals surface area contributed by atoms with Crippen molar-refractivity contribution in [3.05, 3.63) is 52.4 Å². The number of amides is 1. The van der Waals surface area contributed by atoms with Gasteiger partial charge in [0.1, 0.15) is 23.9 Å². The SMILES string of the molecule is Cc1cc(OCc2ccc(/C=N\NC(=O)C3CC3)o2)ccc1Cl. The summed E-state index contributed by atoms with van der Waals surface area (Å²) in [5.41, 5.74) is 3.46. The van der Waals surface area contributed by atoms with E-state index in [2.05, 4.69) is 10.5 Å². The number of hydrogen-bond acceptors (Lipinski definition) is 4. The van der Waals surface area contributed by atoms with Crippen LogP contribution in [0, 0.1) is 12.8 Å². The number of furan rings is 1. The van der Waals surface area contributed by atoms with E-state index >= 15 is 0 Å². The lowest BCUT2D eigenvalue weighted by Crippen LogP contribution is -2.18. The van der Waals surface area contributed by atoms with E-state index in [0.717, 1.165) is 24.2 Å². The molecule has 6 heteroatoms. The second kappa shape index (κ2) is 6.87. The number of nitrogens with zero attached hydrogens (tertiary/aromatic N) is 1. The number of ether oxygens (including phenoxy) is 1. The van der Waals surface area contributed by atoms with Gasteiger partial charge in [0.15, 0.2) is 0 Å². The van der Waals surface area contributed by atoms with Gasteiger partial charge in [-0.15, -0.1) is 0 Å². The molecule has 1 heterocycles. The fraction of sp³-hybridized carbons (Fsp3) is 0.294. The zero-order valence-corrected chi connectivity index (χ0v) is 13.5. The van der Waals surface area contributed by atoms with E-state index in [1.165, 1.54) is 6.21 Å². The molecule has 0 bridgehead atoms. The van der Waals surface area contributed by atoms with Crippen LogP contribution in [0.4, 0.5) is 0 Å². The van der Waals surface area contributed by atoms with Crippen LogP contribution in [0.25, 0.3) is 0 Å². The highest BCUT2D eigenvalue weighted by atomic mass is 35.5. The van der Waals surface area contributed by atoms with Crippen molar-refractivity contribution < 1.29 is 13.9 Å². The predicted molar refractivity (Wildman–Crippen MR) is 87.7 cm³/mol. The van der Waals surface area contributed by atoms with Gasteiger partial charge in [0.25, 0.3) is 0 Å². The Hall–Kier alpha value is -2.27. The molecule has 0 atom stereocenters. The molecule has 1 aromatic heterocycles. The number of halogens is 1. The Balaban J connectivity index is 1.51. The van der Waals surface area contributed by atoms with E-state index in [-0.39, 0.29) is 11.8 Å². The number of aryl methyl sites for hydroxylation is 1. The lowest BCUT2D eigenvalue weighted by Gasteiger charge is -2.05. The van der Waals surface area contributed by atoms with Gasteiger partial charge in [-0.05, 0) is 55.7 Å². The molecule has 1 aromatic carbocycles. The van der Waals surface area contributed by atoms with Crippen LogP contribution in [-0.2, 0) is 11.4 Å². The molecule has 0 radical (unpaired) electrons. The summed E-state index contributed by atoms with van der Waals surface area (Å²) in [4.78, 5) is 11.4. The highest BCUT2D eigenvalue weighted by Crippen LogP contribution is 2.28. The van der Waals surface area contributed by atoms with E-state index in [1.807, 2.05) is 25.1 Å². The van der Waals surface area contributed by atoms with Crippen molar-refractivity contribution in [3.8, 4) is 5.75 Å². The van der Waals surface area contributed by atoms with Gasteiger partial charge in [0, 0.05) is 10.9 Å². The number of nitrogens with one attached hydrogen (secondary N) is 1. The number of rotatable bonds is 6. The summed E-state index contributed by atoms with van der Waals surface area (Å²) in [5, 5.41) is 4.59. The van der Waals surface area contributed by atoms with Crippen LogP contribution in [0.1, 0.15) is 29.9 Å². The Kier molecular flexibility index (Phi) is 4.67. The van der Waals surface area contributed by atoms with Crippen LogP contribution in [-0.4, -0.2) is 12.1 Å². The van der Waals surface area contributed by atoms with Crippen molar-refractivity contribution in [1.82, 2.24) is 5.43 Å². The van der Waals surface area contributed by atoms with Crippen LogP contribution in [0.15, 0.2) is 39.9 Å². The van der Waals surface area contributed by atoms with Crippen molar-refractivity contribution in [2.45, 2.75) is 26.4 Å². The molecule has 1 fully saturated rings. The minimum atomic E-state index is -0.0329. The number of carbonyl (C=O) groups is 1. The highest BCUT2D eigenvalue weighted by Gasteiger charge is 2.29. The number of hydrogen-bond donors (Lipinski definition) is 1. The van der Waals surface area contributed by atoms with Gasteiger partial charge in [0.05, 0.1) is 6.21 Å². The minimum absolute atomic E-state index is 0.0329. The van der Waals surface area contributed by atoms with Crippen LogP contribution in [0.3, 0.4) is 0 Å². The number of carbonyl (C=O) groups excluding carboxylic acids is 1. The van der Waals surface area contributed by atoms with E-state index in [9.17, 15) is 4.79 Å². The third-order valence-corrected chi connectivity index (χ3v) is 3.93. The molecule has 120 valence electrons. The summed E-state index contributed by atoms with van der Waals surface area (Å²) >= 11 is 5.98. The first kappa shape index (κ1) is 15.6. The average Bonchev–Trinajstić information content (AvgIpc) is 3.29. The molecule has 1 N–H and O–H groups in total. The molecule has 1 amide bonds. The molecule has 2 aromatic rings. The lowest BCUT2D eigenvalue weighted by atomic mass is 10.2. The van der Waals surface area contributed by atoms with E-state index in [4.69, 9.17) is 20.8 Å². The molecule has 0 saturated heterocycles. The normalized spacial score (nSPS) is 14.2. The molecule has 0 unspecified atom stereocenters. The Morgan fingerprint density at radius 2 is 2.26 bits per heavy atom. The first-order chi connectivity index (χ1) is 11.1. The standard InChI is InChI=1S/C17H17ClN2O3/c1-11-8-13(6-7-16(11)18)22-10-15-5-4-14(23-15)9-19-20-17(21)12-2-3-12/h4-9,12H,2-3,10H2,1H3,(H,20,21)/b19-9-. The second-order valence-corrected chi connectivity index (χ2v) is 5.92. The second-order valence-electron chi connectivity index (χ2n) is 5.51. The molecule has 1 saturated carbocycles. The first-order valence-electron chi connectivity index (χ1n) is 7.42. The maximum atomic E-state index is 11.4. The molecule has 23 heavy (non-hydrogen) atoms. The fourth-order valence-electron chi connectivity index (χ4n) is 2.00. The molecule has 0 spiro atoms. The molecule has 1 aliphatic carbocycles. The summed E-state index contributed by atoms with van der Waals surface area (Å²) in [6.45, 7) is 2.23. The van der Waals surface area contributed by atoms with Crippen LogP contribution >= 0.6 is 11.6 Å². The van der Waals surface area contributed by atoms with E-state index < -0.39 is 0 Å². The van der Waals surface area contributed by atoms with Crippen LogP contribution < -0.4 is 10.2 Å². The quantitative estimate of drug-likeness (QED) is 0.648. The first-order valence-corrected chi connectivity index (χ1v) is 7.80. The molecular weight excluding hydrogens is 316 g/mol. The molecule has 3 rings (SSSR count). The minimum Gasteiger partial charge on any atom is -0.486 e. The number of benzene rings is 1. The third kappa shape index (κ3) is 4.36. The van der Waals surface area contributed by atoms with Gasteiger partial charge in [0.2, 0.25) is 5.91 Å². The fourth-order valence-corrected chi connectivity index (χ4v) is 2.12. The smallest absolute Gasteiger partial charge is 0.243 e. The topological polar surface area (TPSA) is 63.8 Å². The molecule has 5 nitrogen and oxygen atoms in total. The summed E-state index contributed by atoms with van der Waals surface area (Å²) in [6.07, 6.45) is 3.39. The van der Waals surface area contributed by atoms with E-state index in [0.29, 0.717) is 23.2 Å². The lowest BCUT2D eigenvalue weighted by molar-refractivity contribution is -0.122. The van der Waals surface area contributed by atoms with Crippen molar-refractivity contribution in [3.63, 3.8) is 0 Å². The Bertz CT molecular complexity index is 735. The monoisotopic (exact) mass is 332 g/mol. The van der Waals surface area contributed by atoms with Gasteiger partial charge in [-0.25, -0.2) is 5.43 Å². The highest BCUT2D eigenvalue weighted by molar-refractivity contribution is 6.31. The van der Waals surface area contributed by atoms with Crippen molar-refractivity contribution >= 4 is 23.7 Å². The zero-order valence-electron chi connectivity index (χ0n) is 12.7. The maximum absolute atomic E-state index is 11.4. The molecule has 1 aliphatic rings. The Morgan fingerprint density at radius 1 is 1.43 bits per heavy atom. The van der Waals surface area contributed by atoms with Crippen molar-refractivity contribution in [2.24, 2.45) is 11.0 Å². The Morgan fingerprint density at radius 3 is 3.00 bits per heavy atom. The van der Waals surface area contributed by atoms with Gasteiger partial charge < -0.3 is 9.15 Å². The van der Waals surface area contributed by atoms with Gasteiger partial charge in [-0.1, -0.05) is 11.6 Å². The Labute approximate surface area is 139 Å². The molecule has 0 aliphatic heterocycles. The van der Waals surface area contributed by atoms with Crippen molar-refractivity contribution in [2.75, 3.05) is 0 Å². The predicted octanol–water partition coefficient (Wildman–Crippen LogP) is 3.68. The van der Waals surface area contributed by atoms with Gasteiger partial charge in [-0.2, -0.15) is 5.10 Å². The summed E-state index contributed by atoms with van der Waals surface area (Å²) in [7, 11) is 0. The van der Waals surface area contributed by atoms with Crippen LogP contribution in [0.5, 0.6) is 5.75 Å². The zero-order chi connectivity index (χ0) is 16.2.